The van der Waals surface area contributed by atoms with E-state index >= 15 is 0 Å². The van der Waals surface area contributed by atoms with Gasteiger partial charge in [0.25, 0.3) is 0 Å². The molecule has 23 heavy (non-hydrogen) atoms. The molecule has 0 amide bonds. The number of aromatic amines is 1. The summed E-state index contributed by atoms with van der Waals surface area (Å²) in [4.78, 5) is 3.39. The number of hydrogen-bond acceptors (Lipinski definition) is 5. The van der Waals surface area contributed by atoms with E-state index in [2.05, 4.69) is 4.98 Å². The van der Waals surface area contributed by atoms with Crippen molar-refractivity contribution in [2.24, 2.45) is 0 Å². The molecule has 6 heteroatoms. The summed E-state index contributed by atoms with van der Waals surface area (Å²) < 4.78 is 27.9. The molecular formula is C17H17NO5. The lowest BCUT2D eigenvalue weighted by Crippen LogP contribution is -2.16. The minimum absolute atomic E-state index is 0.505. The van der Waals surface area contributed by atoms with Gasteiger partial charge in [-0.1, -0.05) is 0 Å². The van der Waals surface area contributed by atoms with E-state index in [1.807, 2.05) is 18.2 Å². The first kappa shape index (κ1) is 13.9. The number of benzene rings is 2. The highest BCUT2D eigenvalue weighted by Gasteiger charge is 2.24. The highest BCUT2D eigenvalue weighted by atomic mass is 16.6. The average molecular weight is 315 g/mol. The lowest BCUT2D eigenvalue weighted by atomic mass is 10.1. The van der Waals surface area contributed by atoms with E-state index in [0.29, 0.717) is 36.2 Å². The summed E-state index contributed by atoms with van der Waals surface area (Å²) in [5.74, 6) is 3.38. The number of methoxy groups -OCH3 is 3. The molecule has 1 aliphatic rings. The first-order chi connectivity index (χ1) is 11.3. The molecule has 0 saturated carbocycles. The zero-order valence-corrected chi connectivity index (χ0v) is 13.2. The van der Waals surface area contributed by atoms with Crippen molar-refractivity contribution in [1.29, 1.82) is 0 Å². The average Bonchev–Trinajstić information content (AvgIpc) is 2.98. The van der Waals surface area contributed by atoms with Crippen LogP contribution in [-0.4, -0.2) is 39.5 Å². The molecule has 0 fully saturated rings. The predicted molar refractivity (Wildman–Crippen MR) is 86.5 cm³/mol. The second-order valence-electron chi connectivity index (χ2n) is 5.23. The molecule has 2 aromatic carbocycles. The fourth-order valence-corrected chi connectivity index (χ4v) is 3.00. The highest BCUT2D eigenvalue weighted by Crippen LogP contribution is 2.48. The summed E-state index contributed by atoms with van der Waals surface area (Å²) in [7, 11) is 4.89. The largest absolute Gasteiger partial charge is 0.497 e. The summed E-state index contributed by atoms with van der Waals surface area (Å²) in [5, 5.41) is 1.95. The van der Waals surface area contributed by atoms with Gasteiger partial charge < -0.3 is 28.7 Å². The van der Waals surface area contributed by atoms with E-state index in [1.54, 1.807) is 21.3 Å². The Morgan fingerprint density at radius 2 is 1.48 bits per heavy atom. The van der Waals surface area contributed by atoms with Gasteiger partial charge in [0.15, 0.2) is 11.5 Å². The van der Waals surface area contributed by atoms with Crippen LogP contribution in [0.4, 0.5) is 0 Å². The van der Waals surface area contributed by atoms with Crippen LogP contribution in [0.5, 0.6) is 28.7 Å². The molecule has 6 nitrogen and oxygen atoms in total. The lowest BCUT2D eigenvalue weighted by molar-refractivity contribution is 0.167. The Kier molecular flexibility index (Phi) is 3.11. The van der Waals surface area contributed by atoms with E-state index in [4.69, 9.17) is 23.7 Å². The van der Waals surface area contributed by atoms with E-state index in [1.165, 1.54) is 0 Å². The molecule has 1 aromatic heterocycles. The van der Waals surface area contributed by atoms with Gasteiger partial charge in [0.05, 0.1) is 32.4 Å². The van der Waals surface area contributed by atoms with Gasteiger partial charge in [-0.15, -0.1) is 0 Å². The van der Waals surface area contributed by atoms with Gasteiger partial charge in [-0.3, -0.25) is 0 Å². The molecule has 4 rings (SSSR count). The molecule has 0 bridgehead atoms. The second-order valence-corrected chi connectivity index (χ2v) is 5.23. The molecular weight excluding hydrogens is 298 g/mol. The standard InChI is InChI=1S/C17H17NO5/c1-19-9-6-10-11-8-13(21-3)16-17(23-5-4-22-16)15(11)18-14(10)12(7-9)20-2/h6-8,18H,4-5H2,1-3H3. The summed E-state index contributed by atoms with van der Waals surface area (Å²) in [6, 6.07) is 5.76. The number of nitrogens with one attached hydrogen (secondary N) is 1. The number of rotatable bonds is 3. The van der Waals surface area contributed by atoms with Crippen LogP contribution < -0.4 is 23.7 Å². The monoisotopic (exact) mass is 315 g/mol. The Balaban J connectivity index is 2.13. The molecule has 0 aliphatic carbocycles. The van der Waals surface area contributed by atoms with Crippen molar-refractivity contribution in [1.82, 2.24) is 4.98 Å². The van der Waals surface area contributed by atoms with Crippen LogP contribution >= 0.6 is 0 Å². The first-order valence-electron chi connectivity index (χ1n) is 7.30. The third kappa shape index (κ3) is 1.94. The fourth-order valence-electron chi connectivity index (χ4n) is 3.00. The van der Waals surface area contributed by atoms with E-state index in [-0.39, 0.29) is 0 Å². The number of H-pyrrole nitrogens is 1. The van der Waals surface area contributed by atoms with Crippen molar-refractivity contribution in [3.63, 3.8) is 0 Å². The fraction of sp³-hybridized carbons (Fsp3) is 0.294. The van der Waals surface area contributed by atoms with Crippen molar-refractivity contribution in [2.45, 2.75) is 0 Å². The van der Waals surface area contributed by atoms with Crippen molar-refractivity contribution < 1.29 is 23.7 Å². The van der Waals surface area contributed by atoms with Crippen molar-refractivity contribution in [3.05, 3.63) is 18.2 Å². The molecule has 1 aliphatic heterocycles. The number of fused-ring (bicyclic) bond motifs is 5. The van der Waals surface area contributed by atoms with Crippen LogP contribution in [0, 0.1) is 0 Å². The van der Waals surface area contributed by atoms with Gasteiger partial charge in [-0.2, -0.15) is 0 Å². The van der Waals surface area contributed by atoms with Crippen LogP contribution in [0.25, 0.3) is 21.8 Å². The number of ether oxygens (including phenoxy) is 5. The number of hydrogen-bond donors (Lipinski definition) is 1. The van der Waals surface area contributed by atoms with Crippen LogP contribution in [0.15, 0.2) is 18.2 Å². The minimum Gasteiger partial charge on any atom is -0.497 e. The Bertz CT molecular complexity index is 899. The summed E-state index contributed by atoms with van der Waals surface area (Å²) >= 11 is 0. The normalized spacial score (nSPS) is 13.3. The maximum atomic E-state index is 5.83. The summed E-state index contributed by atoms with van der Waals surface area (Å²) in [5.41, 5.74) is 1.75. The summed E-state index contributed by atoms with van der Waals surface area (Å²) in [6.07, 6.45) is 0. The topological polar surface area (TPSA) is 61.9 Å². The Labute approximate surface area is 132 Å². The van der Waals surface area contributed by atoms with Gasteiger partial charge in [-0.05, 0) is 12.1 Å². The Morgan fingerprint density at radius 1 is 0.783 bits per heavy atom. The Hall–Kier alpha value is -2.76. The molecule has 1 N–H and O–H groups in total. The first-order valence-corrected chi connectivity index (χ1v) is 7.30. The molecule has 0 atom stereocenters. The molecule has 2 heterocycles. The maximum absolute atomic E-state index is 5.83. The molecule has 0 radical (unpaired) electrons. The van der Waals surface area contributed by atoms with Gasteiger partial charge in [0.2, 0.25) is 5.75 Å². The maximum Gasteiger partial charge on any atom is 0.205 e. The van der Waals surface area contributed by atoms with Crippen LogP contribution in [0.2, 0.25) is 0 Å². The minimum atomic E-state index is 0.505. The molecule has 120 valence electrons. The van der Waals surface area contributed by atoms with Gasteiger partial charge in [0.1, 0.15) is 24.7 Å². The summed E-state index contributed by atoms with van der Waals surface area (Å²) in [6.45, 7) is 1.01. The molecule has 0 spiro atoms. The molecule has 3 aromatic rings. The lowest BCUT2D eigenvalue weighted by Gasteiger charge is -2.21. The smallest absolute Gasteiger partial charge is 0.205 e. The Morgan fingerprint density at radius 3 is 2.17 bits per heavy atom. The van der Waals surface area contributed by atoms with Crippen molar-refractivity contribution in [2.75, 3.05) is 34.5 Å². The SMILES string of the molecule is COc1cc(OC)c2[nH]c3c4c(c(OC)cc3c2c1)OCCO4. The second kappa shape index (κ2) is 5.15. The van der Waals surface area contributed by atoms with Crippen LogP contribution in [0.3, 0.4) is 0 Å². The quantitative estimate of drug-likeness (QED) is 0.804. The predicted octanol–water partition coefficient (Wildman–Crippen LogP) is 3.12. The van der Waals surface area contributed by atoms with Gasteiger partial charge in [-0.25, -0.2) is 0 Å². The third-order valence-corrected chi connectivity index (χ3v) is 4.07. The van der Waals surface area contributed by atoms with E-state index in [9.17, 15) is 0 Å². The third-order valence-electron chi connectivity index (χ3n) is 4.07. The van der Waals surface area contributed by atoms with Crippen LogP contribution in [-0.2, 0) is 0 Å². The van der Waals surface area contributed by atoms with Gasteiger partial charge >= 0.3 is 0 Å². The zero-order valence-electron chi connectivity index (χ0n) is 13.2. The number of aromatic nitrogens is 1. The van der Waals surface area contributed by atoms with Crippen LogP contribution in [0.1, 0.15) is 0 Å². The van der Waals surface area contributed by atoms with Crippen molar-refractivity contribution >= 4 is 21.8 Å². The zero-order chi connectivity index (χ0) is 16.0. The van der Waals surface area contributed by atoms with E-state index < -0.39 is 0 Å². The van der Waals surface area contributed by atoms with Gasteiger partial charge in [0, 0.05) is 16.8 Å². The molecule has 0 saturated heterocycles. The van der Waals surface area contributed by atoms with E-state index in [0.717, 1.165) is 27.6 Å². The van der Waals surface area contributed by atoms with Crippen molar-refractivity contribution in [3.8, 4) is 28.7 Å². The molecule has 0 unspecified atom stereocenters. The highest BCUT2D eigenvalue weighted by molar-refractivity contribution is 6.13.